The molecule has 0 aliphatic carbocycles. The van der Waals surface area contributed by atoms with Crippen LogP contribution in [0.4, 0.5) is 0 Å². The van der Waals surface area contributed by atoms with Crippen LogP contribution in [0, 0.1) is 0 Å². The van der Waals surface area contributed by atoms with Crippen molar-refractivity contribution in [1.82, 2.24) is 0 Å². The van der Waals surface area contributed by atoms with Crippen molar-refractivity contribution in [2.24, 2.45) is 0 Å². The van der Waals surface area contributed by atoms with Crippen LogP contribution in [0.1, 0.15) is 13.8 Å². The van der Waals surface area contributed by atoms with E-state index in [1.54, 1.807) is 0 Å². The monoisotopic (exact) mass is 246 g/mol. The summed E-state index contributed by atoms with van der Waals surface area (Å²) in [7, 11) is 0. The van der Waals surface area contributed by atoms with E-state index in [4.69, 9.17) is 4.74 Å². The Kier molecular flexibility index (Phi) is 6.36. The summed E-state index contributed by atoms with van der Waals surface area (Å²) in [6.45, 7) is 4.96. The summed E-state index contributed by atoms with van der Waals surface area (Å²) >= 11 is 3.47. The molecule has 0 unspecified atom stereocenters. The van der Waals surface area contributed by atoms with Crippen molar-refractivity contribution < 1.29 is 4.74 Å². The molecular weight excluding hydrogens is 234 g/mol. The van der Waals surface area contributed by atoms with Crippen LogP contribution in [-0.4, -0.2) is 40.6 Å². The second-order valence-electron chi connectivity index (χ2n) is 1.12. The van der Waals surface area contributed by atoms with Gasteiger partial charge in [-0.05, 0) is 0 Å². The van der Waals surface area contributed by atoms with Crippen molar-refractivity contribution in [3.05, 3.63) is 0 Å². The molecule has 0 aromatic carbocycles. The fraction of sp³-hybridized carbons (Fsp3) is 0.800. The van der Waals surface area contributed by atoms with Gasteiger partial charge in [0.1, 0.15) is 0 Å². The van der Waals surface area contributed by atoms with Crippen molar-refractivity contribution in [3.8, 4) is 0 Å². The Labute approximate surface area is 64.7 Å². The molecule has 8 heavy (non-hydrogen) atoms. The van der Waals surface area contributed by atoms with Gasteiger partial charge in [-0.3, -0.25) is 0 Å². The third kappa shape index (κ3) is 4.86. The van der Waals surface area contributed by atoms with E-state index in [-0.39, 0.29) is 0 Å². The molecule has 0 fully saturated rings. The topological polar surface area (TPSA) is 9.23 Å². The van der Waals surface area contributed by atoms with Gasteiger partial charge in [0, 0.05) is 0 Å². The average Bonchev–Trinajstić information content (AvgIpc) is 1.68. The maximum absolute atomic E-state index is 5.17. The average molecular weight is 244 g/mol. The van der Waals surface area contributed by atoms with Crippen molar-refractivity contribution >= 4 is 34.0 Å². The SMILES string of the molecule is CCOC(=[Se])[Se]CC. The summed E-state index contributed by atoms with van der Waals surface area (Å²) in [4.78, 5) is 0. The fourth-order valence-corrected chi connectivity index (χ4v) is 2.73. The molecule has 0 saturated heterocycles. The first-order valence-electron chi connectivity index (χ1n) is 2.60. The molecule has 0 rings (SSSR count). The molecular formula is C5H10OSe2. The van der Waals surface area contributed by atoms with E-state index in [0.29, 0.717) is 15.0 Å². The summed E-state index contributed by atoms with van der Waals surface area (Å²) in [6, 6.07) is 0. The molecule has 0 heterocycles. The molecule has 1 nitrogen and oxygen atoms in total. The van der Waals surface area contributed by atoms with Crippen LogP contribution in [-0.2, 0) is 4.74 Å². The number of hydrogen-bond donors (Lipinski definition) is 0. The normalized spacial score (nSPS) is 8.75. The van der Waals surface area contributed by atoms with Gasteiger partial charge >= 0.3 is 64.5 Å². The van der Waals surface area contributed by atoms with Gasteiger partial charge in [-0.25, -0.2) is 0 Å². The number of hydrogen-bond acceptors (Lipinski definition) is 1. The van der Waals surface area contributed by atoms with Crippen LogP contribution in [0.3, 0.4) is 0 Å². The van der Waals surface area contributed by atoms with E-state index in [2.05, 4.69) is 22.5 Å². The standard InChI is InChI=1S/C5H10OSe2/c1-3-6-5(7)8-4-2/h3-4H2,1-2H3. The van der Waals surface area contributed by atoms with E-state index < -0.39 is 0 Å². The minimum absolute atomic E-state index is 0.565. The molecule has 0 spiro atoms. The first-order valence-corrected chi connectivity index (χ1v) is 5.53. The Morgan fingerprint density at radius 3 is 2.62 bits per heavy atom. The van der Waals surface area contributed by atoms with Gasteiger partial charge in [-0.15, -0.1) is 0 Å². The summed E-state index contributed by atoms with van der Waals surface area (Å²) in [6.07, 6.45) is 0. The van der Waals surface area contributed by atoms with Crippen LogP contribution in [0.2, 0.25) is 5.32 Å². The Morgan fingerprint density at radius 1 is 1.62 bits per heavy atom. The Balaban J connectivity index is 3.06. The van der Waals surface area contributed by atoms with Gasteiger partial charge in [0.05, 0.1) is 0 Å². The van der Waals surface area contributed by atoms with Crippen LogP contribution in [0.15, 0.2) is 0 Å². The molecule has 0 aliphatic rings. The van der Waals surface area contributed by atoms with E-state index in [1.807, 2.05) is 6.92 Å². The summed E-state index contributed by atoms with van der Waals surface area (Å²) in [5.74, 6) is 0. The summed E-state index contributed by atoms with van der Waals surface area (Å²) < 4.78 is 6.27. The van der Waals surface area contributed by atoms with Crippen LogP contribution < -0.4 is 0 Å². The molecule has 0 amide bonds. The van der Waals surface area contributed by atoms with E-state index in [0.717, 1.165) is 10.1 Å². The molecule has 0 saturated carbocycles. The van der Waals surface area contributed by atoms with Crippen molar-refractivity contribution in [1.29, 1.82) is 0 Å². The van der Waals surface area contributed by atoms with Gasteiger partial charge in [-0.1, -0.05) is 0 Å². The molecule has 0 N–H and O–H groups in total. The quantitative estimate of drug-likeness (QED) is 0.651. The van der Waals surface area contributed by atoms with Crippen LogP contribution in [0.5, 0.6) is 0 Å². The molecule has 3 heteroatoms. The van der Waals surface area contributed by atoms with Crippen LogP contribution >= 0.6 is 0 Å². The van der Waals surface area contributed by atoms with Crippen molar-refractivity contribution in [2.75, 3.05) is 6.61 Å². The summed E-state index contributed by atoms with van der Waals surface area (Å²) in [5, 5.41) is 1.22. The van der Waals surface area contributed by atoms with Crippen LogP contribution in [0.25, 0.3) is 0 Å². The van der Waals surface area contributed by atoms with Gasteiger partial charge < -0.3 is 0 Å². The van der Waals surface area contributed by atoms with Gasteiger partial charge in [0.2, 0.25) is 0 Å². The molecule has 0 aromatic heterocycles. The Bertz CT molecular complexity index is 64.8. The van der Waals surface area contributed by atoms with Crippen molar-refractivity contribution in [2.45, 2.75) is 19.2 Å². The predicted molar refractivity (Wildman–Crippen MR) is 38.6 cm³/mol. The molecule has 0 bridgehead atoms. The Hall–Kier alpha value is 0.709. The number of rotatable bonds is 4. The predicted octanol–water partition coefficient (Wildman–Crippen LogP) is 0.421. The van der Waals surface area contributed by atoms with E-state index in [1.165, 1.54) is 5.32 Å². The first-order chi connectivity index (χ1) is 3.81. The first kappa shape index (κ1) is 8.71. The second kappa shape index (κ2) is 5.84. The zero-order chi connectivity index (χ0) is 6.41. The molecule has 0 radical (unpaired) electrons. The molecule has 48 valence electrons. The third-order valence-electron chi connectivity index (χ3n) is 0.524. The molecule has 0 aromatic rings. The molecule has 0 atom stereocenters. The minimum atomic E-state index is 0.565. The number of ether oxygens (including phenoxy) is 1. The van der Waals surface area contributed by atoms with Crippen molar-refractivity contribution in [3.63, 3.8) is 0 Å². The van der Waals surface area contributed by atoms with Gasteiger partial charge in [-0.2, -0.15) is 0 Å². The third-order valence-corrected chi connectivity index (χ3v) is 3.40. The van der Waals surface area contributed by atoms with E-state index >= 15 is 0 Å². The van der Waals surface area contributed by atoms with Gasteiger partial charge in [0.15, 0.2) is 0 Å². The van der Waals surface area contributed by atoms with Gasteiger partial charge in [0.25, 0.3) is 0 Å². The maximum atomic E-state index is 5.17. The fourth-order valence-electron chi connectivity index (χ4n) is 0.277. The second-order valence-corrected chi connectivity index (χ2v) is 5.80. The van der Waals surface area contributed by atoms with E-state index in [9.17, 15) is 0 Å². The summed E-state index contributed by atoms with van der Waals surface area (Å²) in [5.41, 5.74) is 0. The Morgan fingerprint density at radius 2 is 2.25 bits per heavy atom. The molecule has 0 aliphatic heterocycles. The zero-order valence-electron chi connectivity index (χ0n) is 5.14. The zero-order valence-corrected chi connectivity index (χ0v) is 8.57.